The number of amides is 1. The van der Waals surface area contributed by atoms with Crippen molar-refractivity contribution in [3.05, 3.63) is 106 Å². The van der Waals surface area contributed by atoms with Gasteiger partial charge in [0.05, 0.1) is 11.4 Å². The van der Waals surface area contributed by atoms with Gasteiger partial charge in [0.25, 0.3) is 0 Å². The van der Waals surface area contributed by atoms with Crippen molar-refractivity contribution in [1.82, 2.24) is 19.3 Å². The average Bonchev–Trinajstić information content (AvgIpc) is 3.63. The van der Waals surface area contributed by atoms with Gasteiger partial charge >= 0.3 is 6.36 Å². The predicted molar refractivity (Wildman–Crippen MR) is 164 cm³/mol. The zero-order valence-corrected chi connectivity index (χ0v) is 25.4. The number of hydrogen-bond donors (Lipinski definition) is 0. The first-order chi connectivity index (χ1) is 21.1. The van der Waals surface area contributed by atoms with Gasteiger partial charge in [-0.1, -0.05) is 56.3 Å². The molecule has 2 aromatic heterocycles. The van der Waals surface area contributed by atoms with Gasteiger partial charge in [0.1, 0.15) is 12.1 Å². The normalized spacial score (nSPS) is 12.8. The first-order valence-corrected chi connectivity index (χ1v) is 15.2. The minimum absolute atomic E-state index is 0.124. The third-order valence-electron chi connectivity index (χ3n) is 7.19. The van der Waals surface area contributed by atoms with Gasteiger partial charge < -0.3 is 4.74 Å². The third-order valence-corrected chi connectivity index (χ3v) is 8.13. The molecule has 3 aromatic carbocycles. The lowest BCUT2D eigenvalue weighted by atomic mass is 9.96. The largest absolute Gasteiger partial charge is 0.573 e. The fourth-order valence-electron chi connectivity index (χ4n) is 4.94. The first kappa shape index (κ1) is 30.9. The lowest BCUT2D eigenvalue weighted by molar-refractivity contribution is -0.274. The number of aryl methyl sites for hydroxylation is 2. The zero-order chi connectivity index (χ0) is 31.3. The molecule has 5 rings (SSSR count). The van der Waals surface area contributed by atoms with Crippen LogP contribution in [0.3, 0.4) is 0 Å². The second-order valence-electron chi connectivity index (χ2n) is 10.6. The molecule has 1 amide bonds. The number of ether oxygens (including phenoxy) is 1. The van der Waals surface area contributed by atoms with Gasteiger partial charge in [-0.3, -0.25) is 9.36 Å². The lowest BCUT2D eigenvalue weighted by Gasteiger charge is -2.11. The Bertz CT molecular complexity index is 1790. The van der Waals surface area contributed by atoms with Gasteiger partial charge in [-0.25, -0.2) is 9.67 Å². The van der Waals surface area contributed by atoms with E-state index in [4.69, 9.17) is 0 Å². The van der Waals surface area contributed by atoms with Crippen molar-refractivity contribution in [3.8, 4) is 28.5 Å². The highest BCUT2D eigenvalue weighted by Gasteiger charge is 2.31. The molecule has 1 unspecified atom stereocenters. The minimum atomic E-state index is -4.74. The molecule has 0 saturated heterocycles. The molecule has 0 spiro atoms. The standard InChI is InChI=1S/C33H32F3N5O2S/c1-4-25-7-5-6-8-29(25)41-23(3)20-44-32(41)38-30(42)18-9-22(2)19-24-10-12-26(13-11-24)31-37-21-40(39-31)27-14-16-28(17-15-27)43-33(34,35)36/h5-8,10-17,20-22H,4,9,18-19H2,1-3H3. The number of rotatable bonds is 10. The van der Waals surface area contributed by atoms with Crippen molar-refractivity contribution < 1.29 is 22.7 Å². The van der Waals surface area contributed by atoms with Crippen molar-refractivity contribution in [2.24, 2.45) is 10.9 Å². The van der Waals surface area contributed by atoms with Gasteiger partial charge in [0.15, 0.2) is 10.6 Å². The number of halogens is 3. The SMILES string of the molecule is CCc1ccccc1-n1c(C)csc1=NC(=O)CCC(C)Cc1ccc(-c2ncn(-c3ccc(OC(F)(F)F)cc3)n2)cc1. The summed E-state index contributed by atoms with van der Waals surface area (Å²) < 4.78 is 44.7. The molecule has 0 fully saturated rings. The van der Waals surface area contributed by atoms with Crippen molar-refractivity contribution in [3.63, 3.8) is 0 Å². The summed E-state index contributed by atoms with van der Waals surface area (Å²) in [6, 6.07) is 21.5. The van der Waals surface area contributed by atoms with Crippen LogP contribution < -0.4 is 9.54 Å². The average molecular weight is 620 g/mol. The number of hydrogen-bond acceptors (Lipinski definition) is 5. The second-order valence-corrected chi connectivity index (χ2v) is 11.4. The molecule has 11 heteroatoms. The molecular formula is C33H32F3N5O2S. The molecule has 0 saturated carbocycles. The van der Waals surface area contributed by atoms with Crippen molar-refractivity contribution >= 4 is 17.2 Å². The topological polar surface area (TPSA) is 74.3 Å². The van der Waals surface area contributed by atoms with Crippen molar-refractivity contribution in [2.75, 3.05) is 0 Å². The summed E-state index contributed by atoms with van der Waals surface area (Å²) in [5, 5.41) is 6.49. The highest BCUT2D eigenvalue weighted by atomic mass is 32.1. The summed E-state index contributed by atoms with van der Waals surface area (Å²) in [5.41, 5.74) is 5.82. The van der Waals surface area contributed by atoms with Crippen LogP contribution in [-0.2, 0) is 17.6 Å². The van der Waals surface area contributed by atoms with E-state index in [0.29, 0.717) is 22.7 Å². The van der Waals surface area contributed by atoms with E-state index in [0.717, 1.165) is 41.8 Å². The maximum absolute atomic E-state index is 12.9. The number of aromatic nitrogens is 4. The van der Waals surface area contributed by atoms with E-state index in [2.05, 4.69) is 50.4 Å². The number of carbonyl (C=O) groups excluding carboxylic acids is 1. The number of alkyl halides is 3. The highest BCUT2D eigenvalue weighted by Crippen LogP contribution is 2.25. The third kappa shape index (κ3) is 7.71. The molecule has 2 heterocycles. The van der Waals surface area contributed by atoms with E-state index in [-0.39, 0.29) is 17.6 Å². The van der Waals surface area contributed by atoms with Crippen LogP contribution in [0.25, 0.3) is 22.8 Å². The Morgan fingerprint density at radius 3 is 2.48 bits per heavy atom. The summed E-state index contributed by atoms with van der Waals surface area (Å²) in [7, 11) is 0. The number of thiazole rings is 1. The Morgan fingerprint density at radius 1 is 1.05 bits per heavy atom. The summed E-state index contributed by atoms with van der Waals surface area (Å²) in [5.74, 6) is 0.347. The van der Waals surface area contributed by atoms with Crippen LogP contribution >= 0.6 is 11.3 Å². The van der Waals surface area contributed by atoms with Crippen LogP contribution in [0, 0.1) is 12.8 Å². The van der Waals surface area contributed by atoms with Crippen LogP contribution in [0.2, 0.25) is 0 Å². The Morgan fingerprint density at radius 2 is 1.77 bits per heavy atom. The predicted octanol–water partition coefficient (Wildman–Crippen LogP) is 7.64. The lowest BCUT2D eigenvalue weighted by Crippen LogP contribution is -2.18. The molecule has 0 aliphatic heterocycles. The monoisotopic (exact) mass is 619 g/mol. The fourth-order valence-corrected chi connectivity index (χ4v) is 5.82. The van der Waals surface area contributed by atoms with Crippen LogP contribution in [0.5, 0.6) is 5.75 Å². The van der Waals surface area contributed by atoms with Gasteiger partial charge in [0.2, 0.25) is 5.91 Å². The van der Waals surface area contributed by atoms with E-state index in [1.54, 1.807) is 0 Å². The molecule has 0 aliphatic carbocycles. The van der Waals surface area contributed by atoms with Gasteiger partial charge in [0, 0.05) is 23.1 Å². The van der Waals surface area contributed by atoms with E-state index in [1.165, 1.54) is 52.2 Å². The van der Waals surface area contributed by atoms with E-state index in [9.17, 15) is 18.0 Å². The van der Waals surface area contributed by atoms with Crippen molar-refractivity contribution in [1.29, 1.82) is 0 Å². The Hall–Kier alpha value is -4.51. The highest BCUT2D eigenvalue weighted by molar-refractivity contribution is 7.07. The number of nitrogens with zero attached hydrogens (tertiary/aromatic N) is 5. The molecule has 228 valence electrons. The summed E-state index contributed by atoms with van der Waals surface area (Å²) in [4.78, 5) is 22.4. The smallest absolute Gasteiger partial charge is 0.406 e. The number of benzene rings is 3. The summed E-state index contributed by atoms with van der Waals surface area (Å²) >= 11 is 1.48. The van der Waals surface area contributed by atoms with Crippen LogP contribution in [0.4, 0.5) is 13.2 Å². The molecule has 7 nitrogen and oxygen atoms in total. The second kappa shape index (κ2) is 13.4. The molecule has 5 aromatic rings. The molecule has 0 bridgehead atoms. The van der Waals surface area contributed by atoms with Crippen LogP contribution in [-0.4, -0.2) is 31.6 Å². The summed E-state index contributed by atoms with van der Waals surface area (Å²) in [6.45, 7) is 6.28. The van der Waals surface area contributed by atoms with Gasteiger partial charge in [-0.15, -0.1) is 29.6 Å². The molecule has 0 N–H and O–H groups in total. The molecule has 0 aliphatic rings. The minimum Gasteiger partial charge on any atom is -0.406 e. The van der Waals surface area contributed by atoms with Gasteiger partial charge in [-0.2, -0.15) is 4.99 Å². The van der Waals surface area contributed by atoms with Crippen molar-refractivity contribution in [2.45, 2.75) is 52.8 Å². The number of carbonyl (C=O) groups is 1. The van der Waals surface area contributed by atoms with Crippen LogP contribution in [0.15, 0.2) is 89.5 Å². The maximum atomic E-state index is 12.9. The Balaban J connectivity index is 1.17. The quantitative estimate of drug-likeness (QED) is 0.161. The van der Waals surface area contributed by atoms with E-state index >= 15 is 0 Å². The zero-order valence-electron chi connectivity index (χ0n) is 24.6. The van der Waals surface area contributed by atoms with Crippen LogP contribution in [0.1, 0.15) is 43.5 Å². The van der Waals surface area contributed by atoms with Gasteiger partial charge in [-0.05, 0) is 73.6 Å². The molecule has 44 heavy (non-hydrogen) atoms. The molecular weight excluding hydrogens is 587 g/mol. The molecule has 0 radical (unpaired) electrons. The number of para-hydroxylation sites is 1. The Labute approximate surface area is 257 Å². The Kier molecular flexibility index (Phi) is 9.43. The van der Waals surface area contributed by atoms with E-state index in [1.807, 2.05) is 48.7 Å². The first-order valence-electron chi connectivity index (χ1n) is 14.3. The fraction of sp³-hybridized carbons (Fsp3) is 0.273. The van der Waals surface area contributed by atoms with E-state index < -0.39 is 6.36 Å². The summed E-state index contributed by atoms with van der Waals surface area (Å²) in [6.07, 6.45) is -0.437. The molecule has 1 atom stereocenters. The maximum Gasteiger partial charge on any atom is 0.573 e.